The number of carbonyl (C=O) groups is 1. The summed E-state index contributed by atoms with van der Waals surface area (Å²) in [6.07, 6.45) is 6.11. The molecule has 0 saturated heterocycles. The van der Waals surface area contributed by atoms with E-state index in [0.29, 0.717) is 36.1 Å². The predicted octanol–water partition coefficient (Wildman–Crippen LogP) is 1.63. The van der Waals surface area contributed by atoms with Crippen molar-refractivity contribution in [2.45, 2.75) is 13.1 Å². The van der Waals surface area contributed by atoms with Crippen molar-refractivity contribution in [3.63, 3.8) is 0 Å². The monoisotopic (exact) mass is 333 g/mol. The molecule has 0 aliphatic carbocycles. The number of benzene rings is 1. The lowest BCUT2D eigenvalue weighted by molar-refractivity contribution is 0.1000. The number of fused-ring (bicyclic) bond motifs is 1. The van der Waals surface area contributed by atoms with Gasteiger partial charge in [-0.3, -0.25) is 4.79 Å². The van der Waals surface area contributed by atoms with Gasteiger partial charge in [-0.2, -0.15) is 4.98 Å². The van der Waals surface area contributed by atoms with E-state index in [9.17, 15) is 4.79 Å². The van der Waals surface area contributed by atoms with Gasteiger partial charge in [0.25, 0.3) is 5.91 Å². The third-order valence-corrected chi connectivity index (χ3v) is 3.99. The van der Waals surface area contributed by atoms with E-state index in [1.165, 1.54) is 23.7 Å². The molecule has 0 saturated carbocycles. The second-order valence-electron chi connectivity index (χ2n) is 5.67. The Kier molecular flexibility index (Phi) is 3.70. The molecule has 0 atom stereocenters. The lowest BCUT2D eigenvalue weighted by atomic mass is 10.1. The summed E-state index contributed by atoms with van der Waals surface area (Å²) >= 11 is 0. The smallest absolute Gasteiger partial charge is 0.254 e. The lowest BCUT2D eigenvalue weighted by Crippen LogP contribution is -2.23. The highest BCUT2D eigenvalue weighted by Crippen LogP contribution is 2.29. The van der Waals surface area contributed by atoms with Crippen molar-refractivity contribution < 1.29 is 4.79 Å². The van der Waals surface area contributed by atoms with E-state index in [1.54, 1.807) is 12.4 Å². The average molecular weight is 333 g/mol. The van der Waals surface area contributed by atoms with Crippen molar-refractivity contribution in [1.82, 2.24) is 19.9 Å². The molecule has 1 aliphatic heterocycles. The van der Waals surface area contributed by atoms with Crippen LogP contribution >= 0.6 is 0 Å². The SMILES string of the molecule is NC(=O)c1cnc(Nc2cncnc2)nc1N1Cc2ccccc2C1. The van der Waals surface area contributed by atoms with Gasteiger partial charge in [0.15, 0.2) is 0 Å². The Morgan fingerprint density at radius 3 is 2.40 bits per heavy atom. The van der Waals surface area contributed by atoms with Crippen molar-refractivity contribution >= 4 is 23.4 Å². The van der Waals surface area contributed by atoms with E-state index >= 15 is 0 Å². The van der Waals surface area contributed by atoms with Crippen molar-refractivity contribution in [1.29, 1.82) is 0 Å². The van der Waals surface area contributed by atoms with Gasteiger partial charge in [-0.25, -0.2) is 15.0 Å². The third kappa shape index (κ3) is 2.97. The molecule has 0 radical (unpaired) electrons. The summed E-state index contributed by atoms with van der Waals surface area (Å²) in [5.41, 5.74) is 8.88. The van der Waals surface area contributed by atoms with Crippen LogP contribution in [-0.4, -0.2) is 25.8 Å². The van der Waals surface area contributed by atoms with E-state index in [0.717, 1.165) is 0 Å². The Morgan fingerprint density at radius 2 is 1.76 bits per heavy atom. The largest absolute Gasteiger partial charge is 0.365 e. The quantitative estimate of drug-likeness (QED) is 0.746. The maximum atomic E-state index is 11.8. The molecule has 1 aliphatic rings. The Bertz CT molecular complexity index is 904. The second-order valence-corrected chi connectivity index (χ2v) is 5.67. The van der Waals surface area contributed by atoms with Gasteiger partial charge in [0.05, 0.1) is 18.1 Å². The zero-order valence-electron chi connectivity index (χ0n) is 13.3. The summed E-state index contributed by atoms with van der Waals surface area (Å²) < 4.78 is 0. The predicted molar refractivity (Wildman–Crippen MR) is 92.2 cm³/mol. The van der Waals surface area contributed by atoms with E-state index in [2.05, 4.69) is 37.4 Å². The van der Waals surface area contributed by atoms with E-state index in [4.69, 9.17) is 5.73 Å². The molecular formula is C17H15N7O. The van der Waals surface area contributed by atoms with Crippen LogP contribution in [0.25, 0.3) is 0 Å². The van der Waals surface area contributed by atoms with Crippen LogP contribution in [0.2, 0.25) is 0 Å². The molecule has 0 spiro atoms. The standard InChI is InChI=1S/C17H15N7O/c18-15(25)14-7-21-17(22-13-5-19-10-20-6-13)23-16(14)24-8-11-3-1-2-4-12(11)9-24/h1-7,10H,8-9H2,(H2,18,25)(H,21,22,23). The van der Waals surface area contributed by atoms with Gasteiger partial charge in [-0.05, 0) is 11.1 Å². The van der Waals surface area contributed by atoms with Crippen LogP contribution < -0.4 is 16.0 Å². The highest BCUT2D eigenvalue weighted by molar-refractivity contribution is 5.97. The molecule has 0 fully saturated rings. The van der Waals surface area contributed by atoms with Crippen LogP contribution in [0.15, 0.2) is 49.2 Å². The fourth-order valence-corrected chi connectivity index (χ4v) is 2.82. The van der Waals surface area contributed by atoms with Crippen LogP contribution in [0.3, 0.4) is 0 Å². The zero-order valence-corrected chi connectivity index (χ0v) is 13.3. The van der Waals surface area contributed by atoms with Gasteiger partial charge >= 0.3 is 0 Å². The van der Waals surface area contributed by atoms with E-state index in [-0.39, 0.29) is 0 Å². The normalized spacial score (nSPS) is 12.7. The maximum absolute atomic E-state index is 11.8. The first-order valence-electron chi connectivity index (χ1n) is 7.71. The number of amides is 1. The highest BCUT2D eigenvalue weighted by Gasteiger charge is 2.24. The fraction of sp³-hybridized carbons (Fsp3) is 0.118. The third-order valence-electron chi connectivity index (χ3n) is 3.99. The molecule has 8 nitrogen and oxygen atoms in total. The summed E-state index contributed by atoms with van der Waals surface area (Å²) in [4.78, 5) is 30.4. The van der Waals surface area contributed by atoms with Gasteiger partial charge in [-0.1, -0.05) is 24.3 Å². The van der Waals surface area contributed by atoms with Crippen LogP contribution in [-0.2, 0) is 13.1 Å². The molecule has 0 bridgehead atoms. The molecule has 4 rings (SSSR count). The number of primary amides is 1. The first-order chi connectivity index (χ1) is 12.2. The van der Waals surface area contributed by atoms with Gasteiger partial charge in [-0.15, -0.1) is 0 Å². The summed E-state index contributed by atoms with van der Waals surface area (Å²) in [5.74, 6) is 0.310. The second kappa shape index (κ2) is 6.16. The topological polar surface area (TPSA) is 110 Å². The van der Waals surface area contributed by atoms with Crippen LogP contribution in [0.1, 0.15) is 21.5 Å². The maximum Gasteiger partial charge on any atom is 0.254 e. The van der Waals surface area contributed by atoms with Gasteiger partial charge in [0, 0.05) is 19.3 Å². The first-order valence-corrected chi connectivity index (χ1v) is 7.71. The van der Waals surface area contributed by atoms with Crippen molar-refractivity contribution in [2.75, 3.05) is 10.2 Å². The Morgan fingerprint density at radius 1 is 1.08 bits per heavy atom. The molecule has 3 heterocycles. The van der Waals surface area contributed by atoms with Crippen molar-refractivity contribution in [3.05, 3.63) is 65.9 Å². The lowest BCUT2D eigenvalue weighted by Gasteiger charge is -2.19. The Balaban J connectivity index is 1.68. The molecule has 8 heteroatoms. The minimum atomic E-state index is -0.555. The number of rotatable bonds is 4. The number of nitrogens with one attached hydrogen (secondary N) is 1. The number of nitrogens with zero attached hydrogens (tertiary/aromatic N) is 5. The molecule has 124 valence electrons. The number of anilines is 3. The molecule has 3 N–H and O–H groups in total. The number of hydrogen-bond acceptors (Lipinski definition) is 7. The van der Waals surface area contributed by atoms with E-state index in [1.807, 2.05) is 17.0 Å². The van der Waals surface area contributed by atoms with Gasteiger partial charge in [0.2, 0.25) is 5.95 Å². The number of carbonyl (C=O) groups excluding carboxylic acids is 1. The fourth-order valence-electron chi connectivity index (χ4n) is 2.82. The molecule has 2 aromatic heterocycles. The van der Waals surface area contributed by atoms with Crippen molar-refractivity contribution in [2.24, 2.45) is 5.73 Å². The summed E-state index contributed by atoms with van der Waals surface area (Å²) in [6.45, 7) is 1.34. The summed E-state index contributed by atoms with van der Waals surface area (Å²) in [7, 11) is 0. The minimum absolute atomic E-state index is 0.294. The van der Waals surface area contributed by atoms with Crippen LogP contribution in [0.5, 0.6) is 0 Å². The summed E-state index contributed by atoms with van der Waals surface area (Å²) in [5, 5.41) is 3.03. The molecular weight excluding hydrogens is 318 g/mol. The van der Waals surface area contributed by atoms with Crippen LogP contribution in [0.4, 0.5) is 17.5 Å². The Hall–Kier alpha value is -3.55. The first kappa shape index (κ1) is 15.0. The number of hydrogen-bond donors (Lipinski definition) is 2. The minimum Gasteiger partial charge on any atom is -0.365 e. The van der Waals surface area contributed by atoms with Gasteiger partial charge in [0.1, 0.15) is 17.7 Å². The summed E-state index contributed by atoms with van der Waals surface area (Å²) in [6, 6.07) is 8.14. The van der Waals surface area contributed by atoms with Crippen molar-refractivity contribution in [3.8, 4) is 0 Å². The molecule has 1 aromatic carbocycles. The molecule has 1 amide bonds. The van der Waals surface area contributed by atoms with Gasteiger partial charge < -0.3 is 16.0 Å². The van der Waals surface area contributed by atoms with E-state index < -0.39 is 5.91 Å². The molecule has 0 unspecified atom stereocenters. The Labute approximate surface area is 143 Å². The number of aromatic nitrogens is 4. The number of nitrogens with two attached hydrogens (primary N) is 1. The molecule has 25 heavy (non-hydrogen) atoms. The zero-order chi connectivity index (χ0) is 17.2. The molecule has 3 aromatic rings. The average Bonchev–Trinajstić information content (AvgIpc) is 3.06. The van der Waals surface area contributed by atoms with Crippen LogP contribution in [0, 0.1) is 0 Å². The highest BCUT2D eigenvalue weighted by atomic mass is 16.1.